The number of rotatable bonds is 7. The summed E-state index contributed by atoms with van der Waals surface area (Å²) in [7, 11) is 0. The van der Waals surface area contributed by atoms with Crippen molar-refractivity contribution < 1.29 is 0 Å². The quantitative estimate of drug-likeness (QED) is 0.160. The van der Waals surface area contributed by atoms with Crippen LogP contribution in [0.2, 0.25) is 0 Å². The Balaban J connectivity index is 0.724. The van der Waals surface area contributed by atoms with E-state index in [9.17, 15) is 5.26 Å². The first-order valence-corrected chi connectivity index (χ1v) is 32.5. The Labute approximate surface area is 533 Å². The third-order valence-corrected chi connectivity index (χ3v) is 21.3. The molecule has 0 amide bonds. The Morgan fingerprint density at radius 3 is 1.05 bits per heavy atom. The third kappa shape index (κ3) is 7.54. The molecule has 0 atom stereocenters. The van der Waals surface area contributed by atoms with Gasteiger partial charge in [-0.2, -0.15) is 10.2 Å². The first-order chi connectivity index (χ1) is 45.5. The van der Waals surface area contributed by atoms with Crippen molar-refractivity contribution in [2.45, 2.75) is 0 Å². The van der Waals surface area contributed by atoms with Crippen LogP contribution in [0.5, 0.6) is 0 Å². The highest BCUT2D eigenvalue weighted by atomic mass is 32.1. The van der Waals surface area contributed by atoms with Gasteiger partial charge in [-0.3, -0.25) is 9.13 Å². The normalized spacial score (nSPS) is 12.1. The van der Waals surface area contributed by atoms with Crippen molar-refractivity contribution >= 4 is 150 Å². The van der Waals surface area contributed by atoms with Crippen molar-refractivity contribution in [2.24, 2.45) is 0 Å². The summed E-state index contributed by atoms with van der Waals surface area (Å²) in [6.07, 6.45) is 0. The van der Waals surface area contributed by atoms with Gasteiger partial charge in [0.05, 0.1) is 61.5 Å². The molecule has 0 spiro atoms. The molecule has 0 saturated carbocycles. The molecule has 7 aromatic heterocycles. The lowest BCUT2D eigenvalue weighted by atomic mass is 10.0. The average Bonchev–Trinajstić information content (AvgIpc) is 1.60. The largest absolute Gasteiger partial charge is 0.309 e. The molecule has 20 aromatic rings. The van der Waals surface area contributed by atoms with Crippen LogP contribution in [0.1, 0.15) is 5.56 Å². The second kappa shape index (κ2) is 19.5. The zero-order valence-electron chi connectivity index (χ0n) is 49.1. The van der Waals surface area contributed by atoms with Crippen molar-refractivity contribution in [1.82, 2.24) is 28.2 Å². The van der Waals surface area contributed by atoms with Gasteiger partial charge in [-0.05, 0) is 156 Å². The smallest absolute Gasteiger partial charge is 0.237 e. The van der Waals surface area contributed by atoms with E-state index in [1.54, 1.807) is 0 Å². The first-order valence-electron chi connectivity index (χ1n) is 30.9. The lowest BCUT2D eigenvalue weighted by Gasteiger charge is -2.14. The zero-order valence-corrected chi connectivity index (χ0v) is 50.7. The van der Waals surface area contributed by atoms with E-state index in [1.807, 2.05) is 46.9 Å². The molecule has 7 nitrogen and oxygen atoms in total. The molecule has 0 bridgehead atoms. The van der Waals surface area contributed by atoms with E-state index in [-0.39, 0.29) is 0 Å². The van der Waals surface area contributed by atoms with Crippen LogP contribution in [0, 0.1) is 11.3 Å². The molecule has 0 aliphatic carbocycles. The van der Waals surface area contributed by atoms with Gasteiger partial charge >= 0.3 is 0 Å². The van der Waals surface area contributed by atoms with E-state index in [4.69, 9.17) is 9.97 Å². The Bertz CT molecular complexity index is 6230. The van der Waals surface area contributed by atoms with Crippen molar-refractivity contribution in [3.63, 3.8) is 0 Å². The van der Waals surface area contributed by atoms with Gasteiger partial charge in [0.15, 0.2) is 0 Å². The van der Waals surface area contributed by atoms with Crippen LogP contribution in [-0.2, 0) is 0 Å². The maximum absolute atomic E-state index is 9.91. The summed E-state index contributed by atoms with van der Waals surface area (Å²) in [5.74, 6) is 1.28. The first kappa shape index (κ1) is 51.0. The van der Waals surface area contributed by atoms with Gasteiger partial charge in [-0.25, -0.2) is 4.98 Å². The summed E-state index contributed by atoms with van der Waals surface area (Å²) in [6, 6.07) is 106. The monoisotopic (exact) mass is 1210 g/mol. The number of nitrogens with zero attached hydrogens (tertiary/aromatic N) is 7. The third-order valence-electron chi connectivity index (χ3n) is 19.0. The summed E-state index contributed by atoms with van der Waals surface area (Å²) >= 11 is 3.70. The fourth-order valence-corrected chi connectivity index (χ4v) is 17.0. The molecule has 426 valence electrons. The Morgan fingerprint density at radius 1 is 0.261 bits per heavy atom. The Morgan fingerprint density at radius 2 is 0.609 bits per heavy atom. The second-order valence-corrected chi connectivity index (χ2v) is 26.2. The molecule has 13 aromatic carbocycles. The summed E-state index contributed by atoms with van der Waals surface area (Å²) in [6.45, 7) is 0. The van der Waals surface area contributed by atoms with Crippen LogP contribution in [0.15, 0.2) is 285 Å². The van der Waals surface area contributed by atoms with Gasteiger partial charge in [0.2, 0.25) is 5.95 Å². The SMILES string of the molecule is N#Cc1ccc(-c2cc(-n3c4ccccc4c4cc(-c5ccc6c(c5)c5ccccc5n6-c5ccc6sc7ccccc7c6c5)ccc43)nc(-n3c4ccccc4c4cc(-c5ccc6c(c5)c5ccccc5n6-c5ccc6sc7ccccc7c6c5)ccc43)n2)cc1. The van der Waals surface area contributed by atoms with E-state index in [0.29, 0.717) is 11.5 Å². The predicted octanol–water partition coefficient (Wildman–Crippen LogP) is 22.5. The fourth-order valence-electron chi connectivity index (χ4n) is 14.8. The second-order valence-electron chi connectivity index (χ2n) is 24.0. The van der Waals surface area contributed by atoms with Gasteiger partial charge in [0, 0.05) is 106 Å². The highest BCUT2D eigenvalue weighted by molar-refractivity contribution is 7.26. The van der Waals surface area contributed by atoms with Crippen LogP contribution >= 0.6 is 22.7 Å². The molecular formula is C83H47N7S2. The van der Waals surface area contributed by atoms with Gasteiger partial charge in [0.1, 0.15) is 5.82 Å². The van der Waals surface area contributed by atoms with Gasteiger partial charge in [-0.15, -0.1) is 22.7 Å². The molecule has 92 heavy (non-hydrogen) atoms. The van der Waals surface area contributed by atoms with Crippen molar-refractivity contribution in [3.05, 3.63) is 291 Å². The number of thiophene rings is 2. The molecule has 9 heteroatoms. The summed E-state index contributed by atoms with van der Waals surface area (Å²) < 4.78 is 14.6. The molecule has 7 heterocycles. The van der Waals surface area contributed by atoms with Crippen LogP contribution < -0.4 is 0 Å². The molecule has 0 radical (unpaired) electrons. The van der Waals surface area contributed by atoms with E-state index < -0.39 is 0 Å². The molecule has 0 saturated heterocycles. The Kier molecular flexibility index (Phi) is 10.8. The lowest BCUT2D eigenvalue weighted by molar-refractivity contribution is 0.952. The standard InChI is InChI=1S/C83H47N7S2/c84-48-49-25-27-50(28-26-49)69-47-82(89-72-21-9-3-15-59(72)65-43-53(31-37-76(65)89)51-29-35-74-63(41-51)57-13-1-7-19-70(57)87(74)55-33-39-80-67(45-55)61-17-5-11-23-78(61)91-80)86-83(85-69)90-73-22-10-4-16-60(73)66-44-54(32-38-77(66)90)52-30-36-75-64(42-52)58-14-2-8-20-71(58)88(75)56-34-40-81-68(46-56)62-18-6-12-24-79(62)92-81/h1-47H. The fraction of sp³-hybridized carbons (Fsp3) is 0. The molecule has 0 unspecified atom stereocenters. The number of fused-ring (bicyclic) bond motifs is 18. The lowest BCUT2D eigenvalue weighted by Crippen LogP contribution is -2.07. The van der Waals surface area contributed by atoms with E-state index in [0.717, 1.165) is 94.3 Å². The van der Waals surface area contributed by atoms with Gasteiger partial charge in [-0.1, -0.05) is 146 Å². The predicted molar refractivity (Wildman–Crippen MR) is 386 cm³/mol. The van der Waals surface area contributed by atoms with Crippen LogP contribution in [0.25, 0.3) is 184 Å². The molecule has 0 aliphatic heterocycles. The highest BCUT2D eigenvalue weighted by Crippen LogP contribution is 2.44. The number of benzene rings is 13. The average molecular weight is 1210 g/mol. The summed E-state index contributed by atoms with van der Waals surface area (Å²) in [5, 5.41) is 24.4. The minimum Gasteiger partial charge on any atom is -0.309 e. The maximum Gasteiger partial charge on any atom is 0.237 e. The van der Waals surface area contributed by atoms with Crippen LogP contribution in [-0.4, -0.2) is 28.2 Å². The van der Waals surface area contributed by atoms with Crippen molar-refractivity contribution in [3.8, 4) is 62.7 Å². The van der Waals surface area contributed by atoms with E-state index in [2.05, 4.69) is 285 Å². The highest BCUT2D eigenvalue weighted by Gasteiger charge is 2.23. The minimum absolute atomic E-state index is 0.544. The molecule has 0 fully saturated rings. The molecule has 20 rings (SSSR count). The van der Waals surface area contributed by atoms with Crippen LogP contribution in [0.4, 0.5) is 0 Å². The maximum atomic E-state index is 9.91. The number of hydrogen-bond acceptors (Lipinski definition) is 5. The zero-order chi connectivity index (χ0) is 60.3. The molecule has 0 N–H and O–H groups in total. The number of hydrogen-bond donors (Lipinski definition) is 0. The number of aromatic nitrogens is 6. The molecule has 0 aliphatic rings. The van der Waals surface area contributed by atoms with Crippen molar-refractivity contribution in [1.29, 1.82) is 5.26 Å². The van der Waals surface area contributed by atoms with Gasteiger partial charge in [0.25, 0.3) is 0 Å². The number of para-hydroxylation sites is 4. The van der Waals surface area contributed by atoms with Crippen LogP contribution in [0.3, 0.4) is 0 Å². The topological polar surface area (TPSA) is 69.3 Å². The van der Waals surface area contributed by atoms with E-state index in [1.165, 1.54) is 84.0 Å². The number of nitriles is 1. The summed E-state index contributed by atoms with van der Waals surface area (Å²) in [5.41, 5.74) is 17.8. The summed E-state index contributed by atoms with van der Waals surface area (Å²) in [4.78, 5) is 11.1. The Hall–Kier alpha value is -11.9. The van der Waals surface area contributed by atoms with Crippen molar-refractivity contribution in [2.75, 3.05) is 0 Å². The van der Waals surface area contributed by atoms with E-state index >= 15 is 0 Å². The minimum atomic E-state index is 0.544. The van der Waals surface area contributed by atoms with Gasteiger partial charge < -0.3 is 9.13 Å². The molecular weight excluding hydrogens is 1160 g/mol.